The smallest absolute Gasteiger partial charge is 0.421 e. The maximum atomic E-state index is 3.43. The van der Waals surface area contributed by atoms with E-state index in [-0.39, 0.29) is 22.4 Å². The molecule has 0 spiro atoms. The molecule has 0 aliphatic carbocycles. The summed E-state index contributed by atoms with van der Waals surface area (Å²) in [5.74, 6) is 0. The third kappa shape index (κ3) is 1.35. The van der Waals surface area contributed by atoms with Crippen LogP contribution in [-0.4, -0.2) is 15.2 Å². The Labute approximate surface area is 50.7 Å². The van der Waals surface area contributed by atoms with Gasteiger partial charge in [-0.1, -0.05) is 0 Å². The van der Waals surface area contributed by atoms with E-state index in [1.54, 1.807) is 0 Å². The Morgan fingerprint density at radius 1 is 1.67 bits per heavy atom. The molecule has 0 fully saturated rings. The van der Waals surface area contributed by atoms with Crippen molar-refractivity contribution in [2.45, 2.75) is 0 Å². The molecule has 0 bridgehead atoms. The molecule has 0 radical (unpaired) electrons. The van der Waals surface area contributed by atoms with Gasteiger partial charge in [0.05, 0.1) is 0 Å². The summed E-state index contributed by atoms with van der Waals surface area (Å²) in [5.41, 5.74) is 0. The number of aromatic amines is 1. The summed E-state index contributed by atoms with van der Waals surface area (Å²) in [6, 6.07) is 0. The molecule has 0 saturated carbocycles. The van der Waals surface area contributed by atoms with Crippen molar-refractivity contribution < 1.29 is 22.4 Å². The maximum Gasteiger partial charge on any atom is 1.00 e. The Morgan fingerprint density at radius 3 is 2.67 bits per heavy atom. The topological polar surface area (TPSA) is 41.6 Å². The van der Waals surface area contributed by atoms with Gasteiger partial charge in [0, 0.05) is 0 Å². The second-order valence-electron chi connectivity index (χ2n) is 0.599. The Bertz CT molecular complexity index is 65.3. The third-order valence-corrected chi connectivity index (χ3v) is 0.295. The van der Waals surface area contributed by atoms with Crippen LogP contribution in [0.1, 0.15) is 0 Å². The van der Waals surface area contributed by atoms with Gasteiger partial charge in [0.1, 0.15) is 0 Å². The van der Waals surface area contributed by atoms with E-state index in [4.69, 9.17) is 0 Å². The van der Waals surface area contributed by atoms with E-state index in [1.165, 1.54) is 6.33 Å². The predicted molar refractivity (Wildman–Crippen MR) is 15.2 cm³/mol. The van der Waals surface area contributed by atoms with Gasteiger partial charge in [0.15, 0.2) is 0 Å². The molecular formula is C2H2AgN3. The van der Waals surface area contributed by atoms with Crippen LogP contribution in [0.25, 0.3) is 0 Å². The molecule has 1 N–H and O–H groups in total. The van der Waals surface area contributed by atoms with E-state index in [9.17, 15) is 0 Å². The van der Waals surface area contributed by atoms with Crippen molar-refractivity contribution in [3.63, 3.8) is 0 Å². The number of hydrogen-bond donors (Lipinski definition) is 1. The van der Waals surface area contributed by atoms with Crippen molar-refractivity contribution in [2.75, 3.05) is 0 Å². The van der Waals surface area contributed by atoms with Crippen LogP contribution in [0.5, 0.6) is 0 Å². The van der Waals surface area contributed by atoms with E-state index in [0.29, 0.717) is 0 Å². The first-order valence-electron chi connectivity index (χ1n) is 1.22. The van der Waals surface area contributed by atoms with Gasteiger partial charge in [-0.2, -0.15) is 0 Å². The summed E-state index contributed by atoms with van der Waals surface area (Å²) < 4.78 is 0. The largest absolute Gasteiger partial charge is 1.00 e. The van der Waals surface area contributed by atoms with Crippen LogP contribution in [0.2, 0.25) is 0 Å². The summed E-state index contributed by atoms with van der Waals surface area (Å²) in [5, 5.41) is 5.81. The molecule has 4 heteroatoms. The van der Waals surface area contributed by atoms with Gasteiger partial charge < -0.3 is 10.1 Å². The van der Waals surface area contributed by atoms with Crippen LogP contribution in [0, 0.1) is 6.33 Å². The third-order valence-electron chi connectivity index (χ3n) is 0.295. The summed E-state index contributed by atoms with van der Waals surface area (Å²) in [6.45, 7) is 0. The Kier molecular flexibility index (Phi) is 3.02. The molecule has 0 unspecified atom stereocenters. The van der Waals surface area contributed by atoms with Crippen LogP contribution < -0.4 is 0 Å². The number of rotatable bonds is 0. The monoisotopic (exact) mass is 175 g/mol. The number of H-pyrrole nitrogens is 1. The van der Waals surface area contributed by atoms with Crippen molar-refractivity contribution in [2.24, 2.45) is 0 Å². The number of hydrogen-bond acceptors (Lipinski definition) is 2. The minimum absolute atomic E-state index is 0. The molecular weight excluding hydrogens is 174 g/mol. The normalized spacial score (nSPS) is 6.67. The zero-order valence-corrected chi connectivity index (χ0v) is 4.26. The number of aromatic nitrogens is 3. The van der Waals surface area contributed by atoms with Crippen LogP contribution in [0.4, 0.5) is 0 Å². The van der Waals surface area contributed by atoms with Gasteiger partial charge >= 0.3 is 22.4 Å². The fraction of sp³-hybridized carbons (Fsp3) is 0. The van der Waals surface area contributed by atoms with Crippen LogP contribution in [0.3, 0.4) is 0 Å². The molecule has 0 aromatic carbocycles. The first-order valence-corrected chi connectivity index (χ1v) is 1.22. The molecule has 1 rings (SSSR count). The summed E-state index contributed by atoms with van der Waals surface area (Å²) >= 11 is 0. The minimum Gasteiger partial charge on any atom is -0.421 e. The maximum absolute atomic E-state index is 3.43. The van der Waals surface area contributed by atoms with Gasteiger partial charge in [-0.3, -0.25) is 5.10 Å². The van der Waals surface area contributed by atoms with Crippen molar-refractivity contribution in [1.29, 1.82) is 0 Å². The van der Waals surface area contributed by atoms with E-state index >= 15 is 0 Å². The summed E-state index contributed by atoms with van der Waals surface area (Å²) in [4.78, 5) is 3.43. The van der Waals surface area contributed by atoms with Crippen molar-refractivity contribution in [3.05, 3.63) is 12.7 Å². The number of nitrogens with zero attached hydrogens (tertiary/aromatic N) is 2. The average Bonchev–Trinajstić information content (AvgIpc) is 1.76. The standard InChI is InChI=1S/C2H2N3.Ag/c1-3-2-5-4-1;/h1H,(H,3,4,5);/q-1;+1. The van der Waals surface area contributed by atoms with Gasteiger partial charge in [-0.05, 0) is 12.7 Å². The zero-order chi connectivity index (χ0) is 3.54. The molecule has 0 aliphatic heterocycles. The average molecular weight is 176 g/mol. The molecule has 1 heterocycles. The summed E-state index contributed by atoms with van der Waals surface area (Å²) in [6.07, 6.45) is 3.76. The van der Waals surface area contributed by atoms with E-state index in [0.717, 1.165) is 0 Å². The fourth-order valence-corrected chi connectivity index (χ4v) is 0.144. The Morgan fingerprint density at radius 2 is 2.50 bits per heavy atom. The van der Waals surface area contributed by atoms with Crippen molar-refractivity contribution >= 4 is 0 Å². The zero-order valence-electron chi connectivity index (χ0n) is 2.77. The van der Waals surface area contributed by atoms with Crippen molar-refractivity contribution in [1.82, 2.24) is 15.2 Å². The van der Waals surface area contributed by atoms with Crippen molar-refractivity contribution in [3.8, 4) is 0 Å². The van der Waals surface area contributed by atoms with E-state index in [1.807, 2.05) is 0 Å². The quantitative estimate of drug-likeness (QED) is 0.431. The molecule has 36 valence electrons. The molecule has 0 atom stereocenters. The SMILES string of the molecule is [Ag+].[c-]1nc[nH]n1. The first-order chi connectivity index (χ1) is 2.50. The fourth-order valence-electron chi connectivity index (χ4n) is 0.144. The van der Waals surface area contributed by atoms with Gasteiger partial charge in [-0.15, -0.1) is 0 Å². The summed E-state index contributed by atoms with van der Waals surface area (Å²) in [7, 11) is 0. The Hall–Kier alpha value is -0.120. The van der Waals surface area contributed by atoms with E-state index in [2.05, 4.69) is 21.5 Å². The molecule has 3 nitrogen and oxygen atoms in total. The van der Waals surface area contributed by atoms with Crippen LogP contribution in [0.15, 0.2) is 6.33 Å². The van der Waals surface area contributed by atoms with Gasteiger partial charge in [0.2, 0.25) is 0 Å². The van der Waals surface area contributed by atoms with Crippen LogP contribution in [-0.2, 0) is 22.4 Å². The predicted octanol–water partition coefficient (Wildman–Crippen LogP) is -0.398. The van der Waals surface area contributed by atoms with Crippen LogP contribution >= 0.6 is 0 Å². The molecule has 1 aromatic rings. The second-order valence-corrected chi connectivity index (χ2v) is 0.599. The first kappa shape index (κ1) is 5.88. The molecule has 6 heavy (non-hydrogen) atoms. The molecule has 0 aliphatic rings. The Balaban J connectivity index is 0.000000250. The second kappa shape index (κ2) is 3.09. The molecule has 0 saturated heterocycles. The molecule has 0 amide bonds. The van der Waals surface area contributed by atoms with Gasteiger partial charge in [-0.25, -0.2) is 0 Å². The minimum atomic E-state index is 0. The van der Waals surface area contributed by atoms with E-state index < -0.39 is 0 Å². The van der Waals surface area contributed by atoms with Gasteiger partial charge in [0.25, 0.3) is 0 Å². The number of nitrogens with one attached hydrogen (secondary N) is 1. The molecule has 1 aromatic heterocycles.